The zero-order chi connectivity index (χ0) is 15.1. The van der Waals surface area contributed by atoms with Crippen LogP contribution in [0.1, 0.15) is 12.5 Å². The average molecular weight is 288 g/mol. The van der Waals surface area contributed by atoms with Gasteiger partial charge in [-0.25, -0.2) is 0 Å². The Morgan fingerprint density at radius 1 is 1.05 bits per heavy atom. The van der Waals surface area contributed by atoms with Crippen LogP contribution in [0.3, 0.4) is 0 Å². The molecule has 0 radical (unpaired) electrons. The predicted molar refractivity (Wildman–Crippen MR) is 82.3 cm³/mol. The van der Waals surface area contributed by atoms with E-state index in [-0.39, 0.29) is 0 Å². The fraction of sp³-hybridized carbons (Fsp3) is 0.312. The van der Waals surface area contributed by atoms with Gasteiger partial charge in [-0.2, -0.15) is 4.98 Å². The van der Waals surface area contributed by atoms with Gasteiger partial charge in [0.25, 0.3) is 0 Å². The van der Waals surface area contributed by atoms with E-state index in [0.717, 1.165) is 17.1 Å². The van der Waals surface area contributed by atoms with E-state index in [1.807, 2.05) is 43.3 Å². The summed E-state index contributed by atoms with van der Waals surface area (Å²) in [6.45, 7) is 3.18. The van der Waals surface area contributed by atoms with Crippen molar-refractivity contribution in [2.24, 2.45) is 0 Å². The summed E-state index contributed by atoms with van der Waals surface area (Å²) in [7, 11) is 3.25. The molecule has 0 unspecified atom stereocenters. The Labute approximate surface area is 124 Å². The van der Waals surface area contributed by atoms with Crippen molar-refractivity contribution < 1.29 is 14.2 Å². The number of pyridine rings is 1. The molecule has 0 bridgehead atoms. The van der Waals surface area contributed by atoms with Crippen LogP contribution in [0.25, 0.3) is 0 Å². The van der Waals surface area contributed by atoms with Crippen LogP contribution < -0.4 is 19.5 Å². The second kappa shape index (κ2) is 7.38. The number of anilines is 1. The molecule has 1 aromatic heterocycles. The quantitative estimate of drug-likeness (QED) is 0.848. The van der Waals surface area contributed by atoms with Crippen LogP contribution in [0.15, 0.2) is 36.4 Å². The monoisotopic (exact) mass is 288 g/mol. The maximum Gasteiger partial charge on any atom is 0.215 e. The van der Waals surface area contributed by atoms with Gasteiger partial charge < -0.3 is 19.5 Å². The Hall–Kier alpha value is -2.43. The number of hydrogen-bond donors (Lipinski definition) is 1. The third-order valence-electron chi connectivity index (χ3n) is 2.94. The maximum absolute atomic E-state index is 5.38. The summed E-state index contributed by atoms with van der Waals surface area (Å²) in [6, 6.07) is 11.5. The van der Waals surface area contributed by atoms with E-state index in [1.165, 1.54) is 0 Å². The van der Waals surface area contributed by atoms with Gasteiger partial charge in [-0.3, -0.25) is 0 Å². The molecule has 2 aromatic rings. The van der Waals surface area contributed by atoms with Crippen LogP contribution in [0, 0.1) is 0 Å². The topological polar surface area (TPSA) is 52.6 Å². The van der Waals surface area contributed by atoms with Crippen LogP contribution >= 0.6 is 0 Å². The molecule has 0 spiro atoms. The number of benzene rings is 1. The van der Waals surface area contributed by atoms with Crippen molar-refractivity contribution in [2.45, 2.75) is 13.5 Å². The summed E-state index contributed by atoms with van der Waals surface area (Å²) in [5.74, 6) is 2.83. The highest BCUT2D eigenvalue weighted by Gasteiger charge is 2.05. The minimum absolute atomic E-state index is 0.603. The summed E-state index contributed by atoms with van der Waals surface area (Å²) in [4.78, 5) is 4.36. The second-order valence-corrected chi connectivity index (χ2v) is 4.34. The maximum atomic E-state index is 5.38. The highest BCUT2D eigenvalue weighted by molar-refractivity contribution is 5.44. The van der Waals surface area contributed by atoms with Gasteiger partial charge in [-0.1, -0.05) is 12.1 Å². The van der Waals surface area contributed by atoms with Gasteiger partial charge in [0.1, 0.15) is 5.82 Å². The Bertz CT molecular complexity index is 587. The molecule has 0 saturated carbocycles. The third-order valence-corrected chi connectivity index (χ3v) is 2.94. The largest absolute Gasteiger partial charge is 0.493 e. The van der Waals surface area contributed by atoms with E-state index in [1.54, 1.807) is 14.2 Å². The van der Waals surface area contributed by atoms with Crippen molar-refractivity contribution >= 4 is 5.82 Å². The van der Waals surface area contributed by atoms with Crippen LogP contribution in [0.2, 0.25) is 0 Å². The molecular formula is C16H20N2O3. The van der Waals surface area contributed by atoms with Gasteiger partial charge in [-0.05, 0) is 30.7 Å². The smallest absolute Gasteiger partial charge is 0.215 e. The second-order valence-electron chi connectivity index (χ2n) is 4.34. The molecule has 0 fully saturated rings. The highest BCUT2D eigenvalue weighted by atomic mass is 16.5. The van der Waals surface area contributed by atoms with E-state index >= 15 is 0 Å². The number of nitrogens with zero attached hydrogens (tertiary/aromatic N) is 1. The lowest BCUT2D eigenvalue weighted by molar-refractivity contribution is 0.327. The molecule has 0 amide bonds. The van der Waals surface area contributed by atoms with E-state index in [9.17, 15) is 0 Å². The molecule has 112 valence electrons. The number of methoxy groups -OCH3 is 2. The molecule has 5 heteroatoms. The Morgan fingerprint density at radius 2 is 1.86 bits per heavy atom. The lowest BCUT2D eigenvalue weighted by atomic mass is 10.2. The molecular weight excluding hydrogens is 268 g/mol. The molecule has 0 atom stereocenters. The number of aromatic nitrogens is 1. The minimum Gasteiger partial charge on any atom is -0.493 e. The van der Waals surface area contributed by atoms with E-state index in [2.05, 4.69) is 10.3 Å². The van der Waals surface area contributed by atoms with E-state index < -0.39 is 0 Å². The van der Waals surface area contributed by atoms with Crippen LogP contribution in [0.5, 0.6) is 17.4 Å². The van der Waals surface area contributed by atoms with Crippen molar-refractivity contribution in [3.05, 3.63) is 42.0 Å². The van der Waals surface area contributed by atoms with Crippen LogP contribution in [-0.4, -0.2) is 25.8 Å². The van der Waals surface area contributed by atoms with Crippen LogP contribution in [-0.2, 0) is 6.54 Å². The molecule has 0 aliphatic rings. The van der Waals surface area contributed by atoms with Crippen LogP contribution in [0.4, 0.5) is 5.82 Å². The first-order valence-electron chi connectivity index (χ1n) is 6.81. The fourth-order valence-corrected chi connectivity index (χ4v) is 1.92. The molecule has 5 nitrogen and oxygen atoms in total. The minimum atomic E-state index is 0.603. The van der Waals surface area contributed by atoms with Crippen molar-refractivity contribution in [1.29, 1.82) is 0 Å². The summed E-state index contributed by atoms with van der Waals surface area (Å²) in [5.41, 5.74) is 1.08. The van der Waals surface area contributed by atoms with Gasteiger partial charge in [0.05, 0.1) is 20.8 Å². The summed E-state index contributed by atoms with van der Waals surface area (Å²) < 4.78 is 15.9. The normalized spacial score (nSPS) is 10.0. The zero-order valence-electron chi connectivity index (χ0n) is 12.6. The Balaban J connectivity index is 2.04. The standard InChI is InChI=1S/C16H20N2O3/c1-4-21-16-7-5-6-15(18-16)17-11-12-8-9-13(19-2)14(10-12)20-3/h5-10H,4,11H2,1-3H3,(H,17,18). The molecule has 0 aliphatic carbocycles. The first-order valence-corrected chi connectivity index (χ1v) is 6.81. The summed E-state index contributed by atoms with van der Waals surface area (Å²) in [5, 5.41) is 3.26. The van der Waals surface area contributed by atoms with Crippen molar-refractivity contribution in [3.8, 4) is 17.4 Å². The van der Waals surface area contributed by atoms with Gasteiger partial charge in [0.2, 0.25) is 5.88 Å². The molecule has 21 heavy (non-hydrogen) atoms. The summed E-state index contributed by atoms with van der Waals surface area (Å²) >= 11 is 0. The van der Waals surface area contributed by atoms with Gasteiger partial charge >= 0.3 is 0 Å². The number of nitrogens with one attached hydrogen (secondary N) is 1. The highest BCUT2D eigenvalue weighted by Crippen LogP contribution is 2.27. The molecule has 1 heterocycles. The van der Waals surface area contributed by atoms with E-state index in [4.69, 9.17) is 14.2 Å². The van der Waals surface area contributed by atoms with Crippen molar-refractivity contribution in [2.75, 3.05) is 26.1 Å². The Kier molecular flexibility index (Phi) is 5.26. The molecule has 1 aromatic carbocycles. The molecule has 0 saturated heterocycles. The molecule has 0 aliphatic heterocycles. The average Bonchev–Trinajstić information content (AvgIpc) is 2.53. The number of ether oxygens (including phenoxy) is 3. The Morgan fingerprint density at radius 3 is 2.57 bits per heavy atom. The fourth-order valence-electron chi connectivity index (χ4n) is 1.92. The van der Waals surface area contributed by atoms with Gasteiger partial charge in [0, 0.05) is 12.6 Å². The first kappa shape index (κ1) is 15.0. The SMILES string of the molecule is CCOc1cccc(NCc2ccc(OC)c(OC)c2)n1. The number of rotatable bonds is 7. The summed E-state index contributed by atoms with van der Waals surface area (Å²) in [6.07, 6.45) is 0. The van der Waals surface area contributed by atoms with E-state index in [0.29, 0.717) is 24.8 Å². The van der Waals surface area contributed by atoms with Crippen molar-refractivity contribution in [3.63, 3.8) is 0 Å². The zero-order valence-corrected chi connectivity index (χ0v) is 12.6. The molecule has 1 N–H and O–H groups in total. The van der Waals surface area contributed by atoms with Gasteiger partial charge in [0.15, 0.2) is 11.5 Å². The predicted octanol–water partition coefficient (Wildman–Crippen LogP) is 3.11. The molecule has 2 rings (SSSR count). The van der Waals surface area contributed by atoms with Gasteiger partial charge in [-0.15, -0.1) is 0 Å². The number of hydrogen-bond acceptors (Lipinski definition) is 5. The van der Waals surface area contributed by atoms with Crippen molar-refractivity contribution in [1.82, 2.24) is 4.98 Å². The lowest BCUT2D eigenvalue weighted by Gasteiger charge is -2.11. The lowest BCUT2D eigenvalue weighted by Crippen LogP contribution is -2.03. The first-order chi connectivity index (χ1) is 10.3. The third kappa shape index (κ3) is 4.02.